The van der Waals surface area contributed by atoms with E-state index in [1.165, 1.54) is 0 Å². The Balaban J connectivity index is 0.963. The quantitative estimate of drug-likeness (QED) is 0.0253. The van der Waals surface area contributed by atoms with Gasteiger partial charge in [0.2, 0.25) is 0 Å². The minimum Gasteiger partial charge on any atom is -0.454 e. The van der Waals surface area contributed by atoms with E-state index in [4.69, 9.17) is 61.6 Å². The van der Waals surface area contributed by atoms with Gasteiger partial charge in [-0.25, -0.2) is 28.8 Å². The Morgan fingerprint density at radius 2 is 0.579 bits per heavy atom. The van der Waals surface area contributed by atoms with Gasteiger partial charge in [0.25, 0.3) is 0 Å². The molecule has 3 fully saturated rings. The van der Waals surface area contributed by atoms with Gasteiger partial charge in [-0.15, -0.1) is 0 Å². The molecule has 0 aliphatic carbocycles. The van der Waals surface area contributed by atoms with Crippen molar-refractivity contribution >= 4 is 35.8 Å². The van der Waals surface area contributed by atoms with Gasteiger partial charge in [-0.2, -0.15) is 0 Å². The average Bonchev–Trinajstić information content (AvgIpc) is 0.808. The van der Waals surface area contributed by atoms with Crippen LogP contribution in [-0.4, -0.2) is 136 Å². The fourth-order valence-electron chi connectivity index (χ4n) is 11.7. The summed E-state index contributed by atoms with van der Waals surface area (Å²) < 4.78 is 84.5. The highest BCUT2D eigenvalue weighted by Gasteiger charge is 2.54. The minimum absolute atomic E-state index is 0.131. The summed E-state index contributed by atoms with van der Waals surface area (Å²) in [4.78, 5) is 85.2. The smallest absolute Gasteiger partial charge is 0.338 e. The average molecular weight is 1300 g/mol. The third-order valence-corrected chi connectivity index (χ3v) is 17.1. The molecule has 3 aliphatic rings. The van der Waals surface area contributed by atoms with Crippen molar-refractivity contribution in [1.82, 2.24) is 0 Å². The number of hydrogen-bond acceptors (Lipinski definition) is 19. The van der Waals surface area contributed by atoms with Crippen LogP contribution in [0.3, 0.4) is 0 Å². The lowest BCUT2D eigenvalue weighted by atomic mass is 9.88. The highest BCUT2D eigenvalue weighted by atomic mass is 16.8. The normalized spacial score (nSPS) is 25.6. The molecule has 3 saturated heterocycles. The third-order valence-electron chi connectivity index (χ3n) is 17.1. The van der Waals surface area contributed by atoms with Gasteiger partial charge < -0.3 is 61.6 Å². The highest BCUT2D eigenvalue weighted by Crippen LogP contribution is 2.39. The lowest BCUT2D eigenvalue weighted by Gasteiger charge is -2.47. The van der Waals surface area contributed by atoms with Crippen LogP contribution in [-0.2, 0) is 68.2 Å². The lowest BCUT2D eigenvalue weighted by molar-refractivity contribution is -0.328. The van der Waals surface area contributed by atoms with E-state index in [1.54, 1.807) is 196 Å². The van der Waals surface area contributed by atoms with Crippen molar-refractivity contribution < 1.29 is 90.3 Å². The van der Waals surface area contributed by atoms with Crippen LogP contribution in [0, 0.1) is 17.8 Å². The number of carbonyl (C=O) groups excluding carboxylic acids is 6. The summed E-state index contributed by atoms with van der Waals surface area (Å²) >= 11 is 0. The highest BCUT2D eigenvalue weighted by molar-refractivity contribution is 5.92. The first-order valence-electron chi connectivity index (χ1n) is 32.3. The number of ether oxygens (including phenoxy) is 13. The van der Waals surface area contributed by atoms with E-state index < -0.39 is 127 Å². The van der Waals surface area contributed by atoms with Crippen molar-refractivity contribution in [3.05, 3.63) is 251 Å². The molecule has 3 aliphatic heterocycles. The molecule has 0 saturated carbocycles. The standard InChI is InChI=1S/C76H80O19/c1-5-59-49(2)62(90-68(77)53-32-16-7-17-33-53)66(94-72(81)57-40-24-11-25-41-57)75(87-59)85-48-61-51(4)64(92-70(79)55-36-20-9-21-37-55)67(95-73(82)58-42-26-12-27-43-58)76(89-61)86-47-60-50(3)63(91-69(78)54-34-18-8-19-35-54)65(93-71(80)56-38-22-10-23-39-56)74(88-60)84-45-29-13-28-44-83-46-52-30-14-6-15-31-52/h6-12,14-27,30-43,49-51,59-67,74-76H,5,13,28-29,44-48H2,1-4H3/t49-,50-,51-,59-,60-,61-,62+,63+,64+,65-,66-,67-,74-,75-,76-/m1/s1. The molecule has 0 amide bonds. The first-order chi connectivity index (χ1) is 46.3. The molecule has 7 aromatic carbocycles. The van der Waals surface area contributed by atoms with Gasteiger partial charge in [0.1, 0.15) is 18.3 Å². The first-order valence-corrected chi connectivity index (χ1v) is 32.3. The molecule has 95 heavy (non-hydrogen) atoms. The van der Waals surface area contributed by atoms with Gasteiger partial charge in [0.05, 0.1) is 71.5 Å². The van der Waals surface area contributed by atoms with E-state index in [2.05, 4.69) is 0 Å². The molecule has 498 valence electrons. The van der Waals surface area contributed by atoms with Crippen molar-refractivity contribution in [2.75, 3.05) is 26.4 Å². The molecule has 19 heteroatoms. The Labute approximate surface area is 553 Å². The zero-order valence-corrected chi connectivity index (χ0v) is 53.5. The topological polar surface area (TPSA) is 222 Å². The van der Waals surface area contributed by atoms with Crippen LogP contribution >= 0.6 is 0 Å². The maximum absolute atomic E-state index is 14.4. The fraction of sp³-hybridized carbons (Fsp3) is 0.368. The van der Waals surface area contributed by atoms with Gasteiger partial charge in [-0.1, -0.05) is 167 Å². The van der Waals surface area contributed by atoms with Crippen LogP contribution in [0.25, 0.3) is 0 Å². The summed E-state index contributed by atoms with van der Waals surface area (Å²) in [7, 11) is 0. The molecule has 19 nitrogen and oxygen atoms in total. The molecular formula is C76H80O19. The molecule has 0 bridgehead atoms. The predicted octanol–water partition coefficient (Wildman–Crippen LogP) is 12.3. The molecule has 0 radical (unpaired) electrons. The monoisotopic (exact) mass is 1300 g/mol. The lowest BCUT2D eigenvalue weighted by Crippen LogP contribution is -2.61. The number of rotatable bonds is 28. The number of carbonyl (C=O) groups is 6. The van der Waals surface area contributed by atoms with Crippen molar-refractivity contribution in [3.63, 3.8) is 0 Å². The predicted molar refractivity (Wildman–Crippen MR) is 345 cm³/mol. The van der Waals surface area contributed by atoms with E-state index in [-0.39, 0.29) is 53.2 Å². The molecule has 7 aromatic rings. The van der Waals surface area contributed by atoms with E-state index >= 15 is 0 Å². The van der Waals surface area contributed by atoms with Crippen LogP contribution in [0.2, 0.25) is 0 Å². The Morgan fingerprint density at radius 1 is 0.316 bits per heavy atom. The van der Waals surface area contributed by atoms with Crippen molar-refractivity contribution in [2.45, 2.75) is 134 Å². The van der Waals surface area contributed by atoms with Gasteiger partial charge in [-0.05, 0) is 104 Å². The Kier molecular flexibility index (Phi) is 25.0. The summed E-state index contributed by atoms with van der Waals surface area (Å²) in [5.74, 6) is -6.55. The van der Waals surface area contributed by atoms with Crippen LogP contribution in [0.1, 0.15) is 121 Å². The molecule has 3 heterocycles. The second-order valence-corrected chi connectivity index (χ2v) is 23.7. The van der Waals surface area contributed by atoms with E-state index in [0.29, 0.717) is 32.5 Å². The van der Waals surface area contributed by atoms with Crippen molar-refractivity contribution in [2.24, 2.45) is 17.8 Å². The van der Waals surface area contributed by atoms with E-state index in [9.17, 15) is 28.8 Å². The summed E-state index contributed by atoms with van der Waals surface area (Å²) in [5.41, 5.74) is 2.41. The SMILES string of the molecule is CC[C@H]1O[C@@H](OC[C@H]2O[C@@H](OC[C@H]3O[C@@H](OCCCCCOCc4ccccc4)[C@H](OC(=O)c4ccccc4)[C@@H](OC(=O)c4ccccc4)[C@@H]3C)[C@H](OC(=O)c3ccccc3)[C@@H](OC(=O)c3ccccc3)[C@@H]2C)[C@H](OC(=O)c2ccccc2)[C@@H](OC(=O)c2ccccc2)[C@@H]1C. The molecule has 15 atom stereocenters. The Morgan fingerprint density at radius 3 is 0.895 bits per heavy atom. The first kappa shape index (κ1) is 68.9. The second kappa shape index (κ2) is 34.5. The molecule has 0 spiro atoms. The zero-order chi connectivity index (χ0) is 66.5. The maximum Gasteiger partial charge on any atom is 0.338 e. The van der Waals surface area contributed by atoms with Crippen LogP contribution in [0.5, 0.6) is 0 Å². The summed E-state index contributed by atoms with van der Waals surface area (Å²) in [6.07, 6.45) is -12.4. The number of hydrogen-bond donors (Lipinski definition) is 0. The summed E-state index contributed by atoms with van der Waals surface area (Å²) in [6.45, 7) is 7.62. The Bertz CT molecular complexity index is 3530. The zero-order valence-electron chi connectivity index (χ0n) is 53.5. The molecule has 0 unspecified atom stereocenters. The van der Waals surface area contributed by atoms with Crippen LogP contribution < -0.4 is 0 Å². The van der Waals surface area contributed by atoms with Gasteiger partial charge >= 0.3 is 35.8 Å². The minimum atomic E-state index is -1.58. The molecular weight excluding hydrogens is 1220 g/mol. The Hall–Kier alpha value is -8.92. The summed E-state index contributed by atoms with van der Waals surface area (Å²) in [5, 5.41) is 0. The largest absolute Gasteiger partial charge is 0.454 e. The fourth-order valence-corrected chi connectivity index (χ4v) is 11.7. The third kappa shape index (κ3) is 18.5. The second-order valence-electron chi connectivity index (χ2n) is 23.7. The van der Waals surface area contributed by atoms with Crippen LogP contribution in [0.15, 0.2) is 212 Å². The van der Waals surface area contributed by atoms with Gasteiger partial charge in [0, 0.05) is 31.0 Å². The van der Waals surface area contributed by atoms with Gasteiger partial charge in [-0.3, -0.25) is 0 Å². The summed E-state index contributed by atoms with van der Waals surface area (Å²) in [6, 6.07) is 59.9. The van der Waals surface area contributed by atoms with Crippen LogP contribution in [0.4, 0.5) is 0 Å². The number of benzene rings is 7. The molecule has 0 aromatic heterocycles. The number of esters is 6. The van der Waals surface area contributed by atoms with Crippen molar-refractivity contribution in [1.29, 1.82) is 0 Å². The maximum atomic E-state index is 14.4. The molecule has 0 N–H and O–H groups in total. The van der Waals surface area contributed by atoms with Crippen molar-refractivity contribution in [3.8, 4) is 0 Å². The van der Waals surface area contributed by atoms with Gasteiger partial charge in [0.15, 0.2) is 37.2 Å². The van der Waals surface area contributed by atoms with E-state index in [0.717, 1.165) is 12.0 Å². The van der Waals surface area contributed by atoms with E-state index in [1.807, 2.05) is 44.2 Å². The number of unbranched alkanes of at least 4 members (excludes halogenated alkanes) is 2. The molecule has 10 rings (SSSR count).